The summed E-state index contributed by atoms with van der Waals surface area (Å²) >= 11 is 0. The van der Waals surface area contributed by atoms with Crippen LogP contribution in [0.2, 0.25) is 0 Å². The van der Waals surface area contributed by atoms with Crippen LogP contribution in [-0.4, -0.2) is 15.0 Å². The topological polar surface area (TPSA) is 38.7 Å². The Morgan fingerprint density at radius 1 is 0.357 bits per heavy atom. The van der Waals surface area contributed by atoms with E-state index in [-0.39, 0.29) is 5.41 Å². The Kier molecular flexibility index (Phi) is 7.30. The molecular formula is C53H35N3. The molecule has 0 saturated carbocycles. The molecular weight excluding hydrogens is 679 g/mol. The molecule has 9 aromatic carbocycles. The van der Waals surface area contributed by atoms with Gasteiger partial charge in [-0.05, 0) is 90.3 Å². The maximum absolute atomic E-state index is 5.20. The highest BCUT2D eigenvalue weighted by Crippen LogP contribution is 2.53. The SMILES string of the molecule is CC1(c2ccccc2)c2ccccc2-c2cc(-c3nc(-c4ccccc4)nc(-c4ccc(-c5c6ccccc6cc6ccc7ccccc7c56)cc4)n3)ccc21. The van der Waals surface area contributed by atoms with Crippen molar-refractivity contribution in [3.63, 3.8) is 0 Å². The number of fused-ring (bicyclic) bond motifs is 7. The van der Waals surface area contributed by atoms with Gasteiger partial charge in [0.2, 0.25) is 0 Å². The summed E-state index contributed by atoms with van der Waals surface area (Å²) in [6.45, 7) is 2.34. The first-order valence-corrected chi connectivity index (χ1v) is 19.2. The monoisotopic (exact) mass is 713 g/mol. The smallest absolute Gasteiger partial charge is 0.164 e. The summed E-state index contributed by atoms with van der Waals surface area (Å²) in [4.78, 5) is 15.4. The van der Waals surface area contributed by atoms with E-state index >= 15 is 0 Å². The molecule has 1 aliphatic carbocycles. The lowest BCUT2D eigenvalue weighted by Crippen LogP contribution is -2.22. The van der Waals surface area contributed by atoms with Crippen LogP contribution >= 0.6 is 0 Å². The Balaban J connectivity index is 1.07. The summed E-state index contributed by atoms with van der Waals surface area (Å²) in [5, 5.41) is 7.45. The van der Waals surface area contributed by atoms with E-state index in [9.17, 15) is 0 Å². The molecule has 1 heterocycles. The van der Waals surface area contributed by atoms with E-state index in [1.54, 1.807) is 0 Å². The van der Waals surface area contributed by atoms with Crippen molar-refractivity contribution in [2.45, 2.75) is 12.3 Å². The molecule has 0 radical (unpaired) electrons. The van der Waals surface area contributed by atoms with Crippen molar-refractivity contribution < 1.29 is 0 Å². The minimum atomic E-state index is -0.269. The van der Waals surface area contributed by atoms with Gasteiger partial charge in [-0.2, -0.15) is 0 Å². The molecule has 0 aliphatic heterocycles. The maximum atomic E-state index is 5.20. The lowest BCUT2D eigenvalue weighted by atomic mass is 9.74. The molecule has 0 fully saturated rings. The first-order chi connectivity index (χ1) is 27.6. The molecule has 3 nitrogen and oxygen atoms in total. The Hall–Kier alpha value is -7.23. The molecule has 262 valence electrons. The third kappa shape index (κ3) is 5.02. The highest BCUT2D eigenvalue weighted by atomic mass is 15.0. The molecule has 11 rings (SSSR count). The highest BCUT2D eigenvalue weighted by molar-refractivity contribution is 6.21. The normalized spacial score (nSPS) is 14.6. The number of benzene rings is 9. The second-order valence-electron chi connectivity index (χ2n) is 14.9. The van der Waals surface area contributed by atoms with Crippen molar-refractivity contribution in [1.82, 2.24) is 15.0 Å². The molecule has 0 bridgehead atoms. The fourth-order valence-electron chi connectivity index (χ4n) is 9.00. The zero-order chi connectivity index (χ0) is 37.2. The zero-order valence-electron chi connectivity index (χ0n) is 30.8. The van der Waals surface area contributed by atoms with Gasteiger partial charge in [0.1, 0.15) is 0 Å². The van der Waals surface area contributed by atoms with E-state index < -0.39 is 0 Å². The van der Waals surface area contributed by atoms with Crippen molar-refractivity contribution in [2.75, 3.05) is 0 Å². The van der Waals surface area contributed by atoms with Gasteiger partial charge in [0.15, 0.2) is 17.5 Å². The molecule has 1 aromatic heterocycles. The Bertz CT molecular complexity index is 3130. The van der Waals surface area contributed by atoms with Gasteiger partial charge in [-0.15, -0.1) is 0 Å². The van der Waals surface area contributed by atoms with Crippen LogP contribution in [0.15, 0.2) is 194 Å². The quantitative estimate of drug-likeness (QED) is 0.132. The van der Waals surface area contributed by atoms with Crippen LogP contribution in [0, 0.1) is 0 Å². The van der Waals surface area contributed by atoms with Crippen LogP contribution in [0.1, 0.15) is 23.6 Å². The van der Waals surface area contributed by atoms with E-state index in [1.807, 2.05) is 18.2 Å². The van der Waals surface area contributed by atoms with Crippen molar-refractivity contribution in [3.05, 3.63) is 211 Å². The molecule has 1 aliphatic rings. The first-order valence-electron chi connectivity index (χ1n) is 19.2. The number of hydrogen-bond acceptors (Lipinski definition) is 3. The number of rotatable bonds is 5. The van der Waals surface area contributed by atoms with Gasteiger partial charge >= 0.3 is 0 Å². The lowest BCUT2D eigenvalue weighted by molar-refractivity contribution is 0.714. The van der Waals surface area contributed by atoms with Gasteiger partial charge < -0.3 is 0 Å². The Labute approximate surface area is 325 Å². The minimum absolute atomic E-state index is 0.269. The van der Waals surface area contributed by atoms with Gasteiger partial charge in [-0.3, -0.25) is 0 Å². The second-order valence-corrected chi connectivity index (χ2v) is 14.9. The number of nitrogens with zero attached hydrogens (tertiary/aromatic N) is 3. The second kappa shape index (κ2) is 12.7. The third-order valence-electron chi connectivity index (χ3n) is 11.8. The lowest BCUT2D eigenvalue weighted by Gasteiger charge is -2.28. The van der Waals surface area contributed by atoms with E-state index in [0.717, 1.165) is 22.3 Å². The van der Waals surface area contributed by atoms with Gasteiger partial charge in [-0.1, -0.05) is 182 Å². The largest absolute Gasteiger partial charge is 0.208 e. The predicted molar refractivity (Wildman–Crippen MR) is 232 cm³/mol. The van der Waals surface area contributed by atoms with Crippen molar-refractivity contribution >= 4 is 32.3 Å². The maximum Gasteiger partial charge on any atom is 0.164 e. The van der Waals surface area contributed by atoms with Crippen LogP contribution in [0.25, 0.3) is 88.7 Å². The van der Waals surface area contributed by atoms with Crippen molar-refractivity contribution in [1.29, 1.82) is 0 Å². The molecule has 0 amide bonds. The average molecular weight is 714 g/mol. The van der Waals surface area contributed by atoms with E-state index in [4.69, 9.17) is 15.0 Å². The van der Waals surface area contributed by atoms with E-state index in [0.29, 0.717) is 17.5 Å². The molecule has 0 N–H and O–H groups in total. The molecule has 0 saturated heterocycles. The van der Waals surface area contributed by atoms with Gasteiger partial charge in [0.05, 0.1) is 0 Å². The highest BCUT2D eigenvalue weighted by Gasteiger charge is 2.40. The van der Waals surface area contributed by atoms with Crippen molar-refractivity contribution in [3.8, 4) is 56.4 Å². The number of aromatic nitrogens is 3. The molecule has 56 heavy (non-hydrogen) atoms. The van der Waals surface area contributed by atoms with Crippen molar-refractivity contribution in [2.24, 2.45) is 0 Å². The van der Waals surface area contributed by atoms with Crippen LogP contribution in [0.4, 0.5) is 0 Å². The summed E-state index contributed by atoms with van der Waals surface area (Å²) in [5.41, 5.74) is 11.3. The molecule has 3 heteroatoms. The van der Waals surface area contributed by atoms with Crippen LogP contribution in [0.5, 0.6) is 0 Å². The van der Waals surface area contributed by atoms with Gasteiger partial charge in [0, 0.05) is 22.1 Å². The van der Waals surface area contributed by atoms with E-state index in [1.165, 1.54) is 65.7 Å². The standard InChI is InChI=1S/C53H35N3/c1-53(41-18-6-3-7-19-41)46-23-13-12-22-44(46)45-33-40(30-31-47(45)53)52-55-50(36-15-4-2-5-16-36)54-51(56-52)37-27-25-35(26-28-37)48-43-21-11-9-17-38(43)32-39-29-24-34-14-8-10-20-42(34)49(39)48/h2-33H,1H3. The Morgan fingerprint density at radius 2 is 0.893 bits per heavy atom. The molecule has 10 aromatic rings. The summed E-state index contributed by atoms with van der Waals surface area (Å²) in [6.07, 6.45) is 0. The Morgan fingerprint density at radius 3 is 1.66 bits per heavy atom. The number of hydrogen-bond donors (Lipinski definition) is 0. The molecule has 1 atom stereocenters. The van der Waals surface area contributed by atoms with Crippen LogP contribution in [-0.2, 0) is 5.41 Å². The molecule has 1 unspecified atom stereocenters. The minimum Gasteiger partial charge on any atom is -0.208 e. The summed E-state index contributed by atoms with van der Waals surface area (Å²) in [6, 6.07) is 69.5. The summed E-state index contributed by atoms with van der Waals surface area (Å²) in [7, 11) is 0. The third-order valence-corrected chi connectivity index (χ3v) is 11.8. The summed E-state index contributed by atoms with van der Waals surface area (Å²) < 4.78 is 0. The van der Waals surface area contributed by atoms with Gasteiger partial charge in [-0.25, -0.2) is 15.0 Å². The predicted octanol–water partition coefficient (Wildman–Crippen LogP) is 13.3. The van der Waals surface area contributed by atoms with Crippen LogP contribution < -0.4 is 0 Å². The zero-order valence-corrected chi connectivity index (χ0v) is 30.8. The first kappa shape index (κ1) is 32.2. The van der Waals surface area contributed by atoms with E-state index in [2.05, 4.69) is 183 Å². The average Bonchev–Trinajstić information content (AvgIpc) is 3.54. The fraction of sp³-hybridized carbons (Fsp3) is 0.0377. The fourth-order valence-corrected chi connectivity index (χ4v) is 9.00. The molecule has 0 spiro atoms. The van der Waals surface area contributed by atoms with Crippen LogP contribution in [0.3, 0.4) is 0 Å². The summed E-state index contributed by atoms with van der Waals surface area (Å²) in [5.74, 6) is 1.94. The van der Waals surface area contributed by atoms with Gasteiger partial charge in [0.25, 0.3) is 0 Å².